The first-order chi connectivity index (χ1) is 23.0. The lowest BCUT2D eigenvalue weighted by Crippen LogP contribution is -2.52. The lowest BCUT2D eigenvalue weighted by atomic mass is 9.88. The Morgan fingerprint density at radius 3 is 2.46 bits per heavy atom. The molecule has 1 aliphatic rings. The number of fused-ring (bicyclic) bond motifs is 1. The van der Waals surface area contributed by atoms with Gasteiger partial charge in [0.2, 0.25) is 13.9 Å². The molecule has 4 aromatic rings. The number of H-pyrrole nitrogens is 1. The third-order valence-electron chi connectivity index (χ3n) is 8.12. The van der Waals surface area contributed by atoms with Crippen LogP contribution >= 0.6 is 0 Å². The molecule has 15 nitrogen and oxygen atoms in total. The number of hydroxylamine groups is 1. The molecule has 3 aromatic heterocycles. The number of carbonyl (C=O) groups is 4. The van der Waals surface area contributed by atoms with Gasteiger partial charge in [-0.05, 0) is 32.5 Å². The number of piperazine rings is 1. The molecule has 252 valence electrons. The van der Waals surface area contributed by atoms with Crippen molar-refractivity contribution in [3.05, 3.63) is 66.0 Å². The van der Waals surface area contributed by atoms with Crippen LogP contribution in [-0.4, -0.2) is 117 Å². The highest BCUT2D eigenvalue weighted by Gasteiger charge is 2.32. The molecule has 0 aliphatic carbocycles. The summed E-state index contributed by atoms with van der Waals surface area (Å²) in [6, 6.07) is 8.96. The molecule has 0 spiro atoms. The van der Waals surface area contributed by atoms with Gasteiger partial charge in [-0.15, -0.1) is 5.10 Å². The molecule has 0 radical (unpaired) electrons. The van der Waals surface area contributed by atoms with Gasteiger partial charge in [0.15, 0.2) is 11.6 Å². The number of aromatic nitrogens is 5. The summed E-state index contributed by atoms with van der Waals surface area (Å²) in [6.45, 7) is 7.40. The molecular weight excluding hydrogens is 617 g/mol. The SMILES string of the molecule is BN(C)OCCC(C)(C)C(=O)NCc1ncn(-c2ncc(OCC)c3c(C(=O)C(=O)N4CCN(C(=O)c5ccccc5)CC4)c[nH]c23)n1. The van der Waals surface area contributed by atoms with Gasteiger partial charge in [-0.3, -0.25) is 19.2 Å². The van der Waals surface area contributed by atoms with Crippen LogP contribution in [0.3, 0.4) is 0 Å². The number of ether oxygens (including phenoxy) is 1. The van der Waals surface area contributed by atoms with E-state index >= 15 is 0 Å². The predicted molar refractivity (Wildman–Crippen MR) is 178 cm³/mol. The van der Waals surface area contributed by atoms with E-state index in [1.165, 1.54) is 28.3 Å². The molecule has 1 aliphatic heterocycles. The summed E-state index contributed by atoms with van der Waals surface area (Å²) in [7, 11) is 3.57. The fourth-order valence-corrected chi connectivity index (χ4v) is 5.33. The molecule has 1 aromatic carbocycles. The number of pyridine rings is 1. The van der Waals surface area contributed by atoms with Crippen LogP contribution in [-0.2, 0) is 21.0 Å². The predicted octanol–water partition coefficient (Wildman–Crippen LogP) is 1.15. The monoisotopic (exact) mass is 657 g/mol. The van der Waals surface area contributed by atoms with Gasteiger partial charge in [-0.2, -0.15) is 0 Å². The number of amides is 3. The van der Waals surface area contributed by atoms with Crippen LogP contribution in [0.25, 0.3) is 16.7 Å². The van der Waals surface area contributed by atoms with E-state index < -0.39 is 17.1 Å². The number of hydrogen-bond donors (Lipinski definition) is 2. The number of nitrogens with zero attached hydrogens (tertiary/aromatic N) is 7. The molecule has 0 unspecified atom stereocenters. The number of carbonyl (C=O) groups excluding carboxylic acids is 4. The Bertz CT molecular complexity index is 1780. The van der Waals surface area contributed by atoms with E-state index in [9.17, 15) is 19.2 Å². The second-order valence-corrected chi connectivity index (χ2v) is 12.2. The van der Waals surface area contributed by atoms with Crippen LogP contribution in [0.1, 0.15) is 53.7 Å². The van der Waals surface area contributed by atoms with Crippen molar-refractivity contribution in [2.45, 2.75) is 33.7 Å². The van der Waals surface area contributed by atoms with Gasteiger partial charge in [0.05, 0.1) is 42.4 Å². The van der Waals surface area contributed by atoms with Crippen LogP contribution in [0.15, 0.2) is 49.1 Å². The summed E-state index contributed by atoms with van der Waals surface area (Å²) < 4.78 is 7.24. The quantitative estimate of drug-likeness (QED) is 0.0922. The Balaban J connectivity index is 1.29. The fourth-order valence-electron chi connectivity index (χ4n) is 5.33. The van der Waals surface area contributed by atoms with Crippen molar-refractivity contribution in [1.82, 2.24) is 44.8 Å². The number of benzene rings is 1. The zero-order chi connectivity index (χ0) is 34.4. The molecule has 2 N–H and O–H groups in total. The Kier molecular flexibility index (Phi) is 10.5. The number of rotatable bonds is 13. The summed E-state index contributed by atoms with van der Waals surface area (Å²) in [5.41, 5.74) is 0.477. The second-order valence-electron chi connectivity index (χ2n) is 12.2. The normalized spacial score (nSPS) is 13.6. The zero-order valence-electron chi connectivity index (χ0n) is 27.9. The van der Waals surface area contributed by atoms with Crippen LogP contribution in [0.4, 0.5) is 0 Å². The highest BCUT2D eigenvalue weighted by Crippen LogP contribution is 2.32. The summed E-state index contributed by atoms with van der Waals surface area (Å²) in [4.78, 5) is 74.9. The minimum absolute atomic E-state index is 0.0944. The van der Waals surface area contributed by atoms with Crippen molar-refractivity contribution in [3.63, 3.8) is 0 Å². The van der Waals surface area contributed by atoms with Gasteiger partial charge in [0.25, 0.3) is 17.6 Å². The van der Waals surface area contributed by atoms with Crippen LogP contribution in [0.2, 0.25) is 0 Å². The lowest BCUT2D eigenvalue weighted by Gasteiger charge is -2.34. The Morgan fingerprint density at radius 2 is 1.77 bits per heavy atom. The summed E-state index contributed by atoms with van der Waals surface area (Å²) in [5.74, 6) is -0.625. The van der Waals surface area contributed by atoms with E-state index in [0.29, 0.717) is 66.6 Å². The fraction of sp³-hybridized carbons (Fsp3) is 0.406. The van der Waals surface area contributed by atoms with Crippen molar-refractivity contribution in [3.8, 4) is 11.6 Å². The molecule has 0 atom stereocenters. The van der Waals surface area contributed by atoms with Gasteiger partial charge in [0, 0.05) is 43.4 Å². The summed E-state index contributed by atoms with van der Waals surface area (Å²) in [6.07, 6.45) is 4.93. The van der Waals surface area contributed by atoms with E-state index in [0.717, 1.165) is 0 Å². The molecule has 1 saturated heterocycles. The van der Waals surface area contributed by atoms with Gasteiger partial charge in [-0.1, -0.05) is 32.0 Å². The first-order valence-electron chi connectivity index (χ1n) is 15.8. The van der Waals surface area contributed by atoms with Crippen LogP contribution in [0.5, 0.6) is 5.75 Å². The topological polar surface area (TPSA) is 168 Å². The third-order valence-corrected chi connectivity index (χ3v) is 8.12. The van der Waals surface area contributed by atoms with E-state index in [4.69, 9.17) is 9.57 Å². The third kappa shape index (κ3) is 7.55. The summed E-state index contributed by atoms with van der Waals surface area (Å²) in [5, 5.41) is 7.77. The Labute approximate surface area is 279 Å². The van der Waals surface area contributed by atoms with Gasteiger partial charge >= 0.3 is 0 Å². The average Bonchev–Trinajstić information content (AvgIpc) is 3.75. The largest absolute Gasteiger partial charge is 0.492 e. The molecule has 5 rings (SSSR count). The van der Waals surface area contributed by atoms with Crippen molar-refractivity contribution in [2.24, 2.45) is 5.41 Å². The van der Waals surface area contributed by atoms with E-state index in [2.05, 4.69) is 25.4 Å². The molecule has 1 fully saturated rings. The summed E-state index contributed by atoms with van der Waals surface area (Å²) >= 11 is 0. The van der Waals surface area contributed by atoms with Crippen molar-refractivity contribution in [2.75, 3.05) is 46.4 Å². The van der Waals surface area contributed by atoms with Crippen molar-refractivity contribution < 1.29 is 28.8 Å². The molecule has 4 heterocycles. The molecule has 16 heteroatoms. The number of ketones is 1. The maximum Gasteiger partial charge on any atom is 0.295 e. The Hall–Kier alpha value is -5.09. The van der Waals surface area contributed by atoms with Gasteiger partial charge < -0.3 is 29.7 Å². The number of Topliss-reactive ketones (excluding diaryl/α,β-unsaturated/α-hetero) is 1. The van der Waals surface area contributed by atoms with Crippen LogP contribution in [0, 0.1) is 5.41 Å². The average molecular weight is 658 g/mol. The highest BCUT2D eigenvalue weighted by molar-refractivity contribution is 6.45. The standard InChI is InChI=1S/C32H40BN9O6/c1-5-47-23-18-35-28(42-20-37-24(38-42)19-36-31(46)32(2,3)11-16-48-39(4)33)26-25(23)22(17-34-26)27(43)30(45)41-14-12-40(13-15-41)29(44)21-9-7-6-8-10-21/h6-10,17-18,20,34H,5,11-16,19,33H2,1-4H3,(H,36,46). The smallest absolute Gasteiger partial charge is 0.295 e. The number of aromatic amines is 1. The Morgan fingerprint density at radius 1 is 1.06 bits per heavy atom. The first-order valence-corrected chi connectivity index (χ1v) is 15.8. The lowest BCUT2D eigenvalue weighted by molar-refractivity contribution is -0.133. The second kappa shape index (κ2) is 14.8. The minimum Gasteiger partial charge on any atom is -0.492 e. The van der Waals surface area contributed by atoms with E-state index in [1.807, 2.05) is 26.8 Å². The van der Waals surface area contributed by atoms with Gasteiger partial charge in [-0.25, -0.2) is 19.6 Å². The molecule has 0 saturated carbocycles. The van der Waals surface area contributed by atoms with Gasteiger partial charge in [0.1, 0.15) is 12.1 Å². The molecular formula is C32H40BN9O6. The number of hydrogen-bond acceptors (Lipinski definition) is 10. The number of nitrogens with one attached hydrogen (secondary N) is 2. The zero-order valence-corrected chi connectivity index (χ0v) is 27.9. The van der Waals surface area contributed by atoms with E-state index in [-0.39, 0.29) is 37.0 Å². The molecule has 48 heavy (non-hydrogen) atoms. The highest BCUT2D eigenvalue weighted by atomic mass is 16.7. The maximum atomic E-state index is 13.6. The van der Waals surface area contributed by atoms with E-state index in [1.54, 1.807) is 49.2 Å². The first kappa shape index (κ1) is 34.3. The minimum atomic E-state index is -0.706. The van der Waals surface area contributed by atoms with Crippen molar-refractivity contribution in [1.29, 1.82) is 0 Å². The van der Waals surface area contributed by atoms with Crippen LogP contribution < -0.4 is 10.1 Å². The van der Waals surface area contributed by atoms with Crippen molar-refractivity contribution >= 4 is 42.4 Å². The maximum absolute atomic E-state index is 13.6. The molecule has 3 amide bonds. The molecule has 0 bridgehead atoms.